The molecule has 158 valence electrons. The molecule has 8 atom stereocenters. The molecule has 5 rings (SSSR count). The van der Waals surface area contributed by atoms with Crippen molar-refractivity contribution in [2.75, 3.05) is 0 Å². The number of fused-ring (bicyclic) bond motifs is 5. The van der Waals surface area contributed by atoms with E-state index in [9.17, 15) is 20.1 Å². The van der Waals surface area contributed by atoms with Crippen molar-refractivity contribution in [1.82, 2.24) is 0 Å². The monoisotopic (exact) mass is 398 g/mol. The van der Waals surface area contributed by atoms with E-state index in [2.05, 4.69) is 13.8 Å². The third-order valence-electron chi connectivity index (χ3n) is 9.96. The molecule has 0 bridgehead atoms. The first-order valence-electron chi connectivity index (χ1n) is 11.4. The number of rotatable bonds is 1. The fourth-order valence-electron chi connectivity index (χ4n) is 8.20. The average Bonchev–Trinajstić information content (AvgIpc) is 2.98. The standard InChI is InChI=1S/C25H34O4/c1-23-11-10-20-18(19(23)7-8-22(23)28)13-21(15-3-5-16(26)6-4-15)25(29)14-17(27)9-12-24(20,25)2/h3-6,18-22,26,28-29H,7-14H2,1-2H3/t18-,19-,20+,21?,22?,23-,24+,25?/m0/s1. The van der Waals surface area contributed by atoms with Gasteiger partial charge in [0.25, 0.3) is 0 Å². The molecule has 1 aromatic rings. The topological polar surface area (TPSA) is 77.8 Å². The van der Waals surface area contributed by atoms with Crippen molar-refractivity contribution in [3.63, 3.8) is 0 Å². The minimum atomic E-state index is -1.04. The van der Waals surface area contributed by atoms with Gasteiger partial charge in [0.1, 0.15) is 11.5 Å². The molecule has 4 heteroatoms. The molecule has 4 nitrogen and oxygen atoms in total. The predicted molar refractivity (Wildman–Crippen MR) is 110 cm³/mol. The van der Waals surface area contributed by atoms with Crippen LogP contribution in [0.3, 0.4) is 0 Å². The molecule has 4 aliphatic carbocycles. The van der Waals surface area contributed by atoms with Gasteiger partial charge >= 0.3 is 0 Å². The first-order valence-corrected chi connectivity index (χ1v) is 11.4. The normalized spacial score (nSPS) is 49.2. The van der Waals surface area contributed by atoms with Gasteiger partial charge in [-0.25, -0.2) is 0 Å². The van der Waals surface area contributed by atoms with Crippen LogP contribution in [-0.4, -0.2) is 32.8 Å². The molecule has 0 aliphatic heterocycles. The molecule has 3 N–H and O–H groups in total. The number of hydrogen-bond acceptors (Lipinski definition) is 4. The average molecular weight is 399 g/mol. The van der Waals surface area contributed by atoms with Crippen LogP contribution in [0.1, 0.15) is 76.7 Å². The van der Waals surface area contributed by atoms with Gasteiger partial charge in [-0.05, 0) is 79.4 Å². The number of ketones is 1. The van der Waals surface area contributed by atoms with Crippen molar-refractivity contribution in [1.29, 1.82) is 0 Å². The molecule has 0 aromatic heterocycles. The van der Waals surface area contributed by atoms with E-state index in [1.807, 2.05) is 12.1 Å². The largest absolute Gasteiger partial charge is 0.508 e. The number of hydrogen-bond donors (Lipinski definition) is 3. The first kappa shape index (κ1) is 19.6. The van der Waals surface area contributed by atoms with Crippen molar-refractivity contribution in [2.24, 2.45) is 28.6 Å². The number of aliphatic hydroxyl groups excluding tert-OH is 1. The molecular weight excluding hydrogens is 364 g/mol. The van der Waals surface area contributed by atoms with E-state index in [1.165, 1.54) is 0 Å². The number of phenolic OH excluding ortho intramolecular Hbond substituents is 1. The van der Waals surface area contributed by atoms with Crippen molar-refractivity contribution < 1.29 is 20.1 Å². The van der Waals surface area contributed by atoms with E-state index in [1.54, 1.807) is 12.1 Å². The first-order chi connectivity index (χ1) is 13.7. The Morgan fingerprint density at radius 2 is 1.72 bits per heavy atom. The molecule has 4 saturated carbocycles. The summed E-state index contributed by atoms with van der Waals surface area (Å²) in [6.07, 6.45) is 6.20. The maximum atomic E-state index is 12.5. The SMILES string of the molecule is C[C@]12CC[C@@H]3[C@@H](CC(c4ccc(O)cc4)C4(O)CC(=O)CC[C@]34C)[C@@H]1CCC2O. The zero-order valence-electron chi connectivity index (χ0n) is 17.6. The smallest absolute Gasteiger partial charge is 0.135 e. The van der Waals surface area contributed by atoms with Gasteiger partial charge in [-0.15, -0.1) is 0 Å². The maximum Gasteiger partial charge on any atom is 0.135 e. The molecular formula is C25H34O4. The Bertz CT molecular complexity index is 819. The van der Waals surface area contributed by atoms with Gasteiger partial charge in [-0.1, -0.05) is 26.0 Å². The lowest BCUT2D eigenvalue weighted by atomic mass is 9.41. The third kappa shape index (κ3) is 2.54. The van der Waals surface area contributed by atoms with Crippen molar-refractivity contribution in [3.8, 4) is 5.75 Å². The Morgan fingerprint density at radius 1 is 1.00 bits per heavy atom. The fourth-order valence-corrected chi connectivity index (χ4v) is 8.20. The number of benzene rings is 1. The van der Waals surface area contributed by atoms with Gasteiger partial charge < -0.3 is 15.3 Å². The van der Waals surface area contributed by atoms with Gasteiger partial charge in [0.05, 0.1) is 11.7 Å². The minimum absolute atomic E-state index is 0.0169. The van der Waals surface area contributed by atoms with Crippen LogP contribution in [0, 0.1) is 28.6 Å². The number of carbonyl (C=O) groups is 1. The fraction of sp³-hybridized carbons (Fsp3) is 0.720. The van der Waals surface area contributed by atoms with E-state index >= 15 is 0 Å². The van der Waals surface area contributed by atoms with Gasteiger partial charge in [0.2, 0.25) is 0 Å². The van der Waals surface area contributed by atoms with Crippen LogP contribution >= 0.6 is 0 Å². The van der Waals surface area contributed by atoms with Gasteiger partial charge in [0, 0.05) is 24.2 Å². The summed E-state index contributed by atoms with van der Waals surface area (Å²) in [5, 5.41) is 32.7. The second-order valence-electron chi connectivity index (χ2n) is 11.0. The van der Waals surface area contributed by atoms with E-state index in [0.717, 1.165) is 44.1 Å². The molecule has 4 aliphatic rings. The quantitative estimate of drug-likeness (QED) is 0.663. The van der Waals surface area contributed by atoms with E-state index in [0.29, 0.717) is 24.2 Å². The zero-order chi connectivity index (χ0) is 20.6. The van der Waals surface area contributed by atoms with Crippen LogP contribution < -0.4 is 0 Å². The molecule has 0 heterocycles. The van der Waals surface area contributed by atoms with Crippen molar-refractivity contribution in [3.05, 3.63) is 29.8 Å². The van der Waals surface area contributed by atoms with E-state index < -0.39 is 5.60 Å². The Morgan fingerprint density at radius 3 is 2.45 bits per heavy atom. The predicted octanol–water partition coefficient (Wildman–Crippen LogP) is 4.17. The van der Waals surface area contributed by atoms with Crippen molar-refractivity contribution in [2.45, 2.75) is 82.8 Å². The molecule has 29 heavy (non-hydrogen) atoms. The number of aliphatic hydroxyl groups is 2. The lowest BCUT2D eigenvalue weighted by Crippen LogP contribution is -2.65. The lowest BCUT2D eigenvalue weighted by Gasteiger charge is -2.65. The van der Waals surface area contributed by atoms with Crippen LogP contribution in [0.2, 0.25) is 0 Å². The highest BCUT2D eigenvalue weighted by Crippen LogP contribution is 2.69. The number of phenols is 1. The molecule has 0 spiro atoms. The van der Waals surface area contributed by atoms with Crippen LogP contribution in [0.15, 0.2) is 24.3 Å². The second kappa shape index (κ2) is 6.31. The maximum absolute atomic E-state index is 12.5. The number of Topliss-reactive ketones (excluding diaryl/α,β-unsaturated/α-hetero) is 1. The van der Waals surface area contributed by atoms with Gasteiger partial charge in [-0.2, -0.15) is 0 Å². The van der Waals surface area contributed by atoms with Crippen molar-refractivity contribution >= 4 is 5.78 Å². The summed E-state index contributed by atoms with van der Waals surface area (Å²) in [6, 6.07) is 7.22. The summed E-state index contributed by atoms with van der Waals surface area (Å²) in [5.41, 5.74) is -0.320. The molecule has 0 radical (unpaired) electrons. The Hall–Kier alpha value is -1.39. The molecule has 4 fully saturated rings. The zero-order valence-corrected chi connectivity index (χ0v) is 17.6. The highest BCUT2D eigenvalue weighted by molar-refractivity contribution is 5.81. The van der Waals surface area contributed by atoms with Crippen LogP contribution in [0.4, 0.5) is 0 Å². The summed E-state index contributed by atoms with van der Waals surface area (Å²) >= 11 is 0. The van der Waals surface area contributed by atoms with Crippen LogP contribution in [0.25, 0.3) is 0 Å². The highest BCUT2D eigenvalue weighted by Gasteiger charge is 2.67. The molecule has 0 saturated heterocycles. The summed E-state index contributed by atoms with van der Waals surface area (Å²) in [4.78, 5) is 12.5. The van der Waals surface area contributed by atoms with E-state index in [-0.39, 0.29) is 40.8 Å². The summed E-state index contributed by atoms with van der Waals surface area (Å²) in [7, 11) is 0. The van der Waals surface area contributed by atoms with Crippen LogP contribution in [0.5, 0.6) is 5.75 Å². The van der Waals surface area contributed by atoms with Crippen LogP contribution in [-0.2, 0) is 4.79 Å². The van der Waals surface area contributed by atoms with E-state index in [4.69, 9.17) is 0 Å². The number of carbonyl (C=O) groups excluding carboxylic acids is 1. The summed E-state index contributed by atoms with van der Waals surface area (Å²) in [5.74, 6) is 1.62. The third-order valence-corrected chi connectivity index (χ3v) is 9.96. The van der Waals surface area contributed by atoms with Gasteiger partial charge in [-0.3, -0.25) is 4.79 Å². The Kier molecular flexibility index (Phi) is 4.25. The molecule has 0 amide bonds. The molecule has 1 aromatic carbocycles. The lowest BCUT2D eigenvalue weighted by molar-refractivity contribution is -0.215. The summed E-state index contributed by atoms with van der Waals surface area (Å²) < 4.78 is 0. The molecule has 3 unspecified atom stereocenters. The minimum Gasteiger partial charge on any atom is -0.508 e. The Balaban J connectivity index is 1.61. The summed E-state index contributed by atoms with van der Waals surface area (Å²) in [6.45, 7) is 4.51. The Labute approximate surface area is 173 Å². The number of aromatic hydroxyl groups is 1. The highest BCUT2D eigenvalue weighted by atomic mass is 16.3. The van der Waals surface area contributed by atoms with Gasteiger partial charge in [0.15, 0.2) is 0 Å². The second-order valence-corrected chi connectivity index (χ2v) is 11.0.